The Morgan fingerprint density at radius 3 is 2.36 bits per heavy atom. The predicted molar refractivity (Wildman–Crippen MR) is 86.9 cm³/mol. The number of nitrogens with two attached hydrogens (primary N) is 1. The van der Waals surface area contributed by atoms with Crippen molar-refractivity contribution in [1.82, 2.24) is 0 Å². The topological polar surface area (TPSA) is 73.6 Å². The van der Waals surface area contributed by atoms with Crippen molar-refractivity contribution in [1.29, 1.82) is 10.5 Å². The third-order valence-corrected chi connectivity index (χ3v) is 4.48. The normalized spacial score (nSPS) is 16.4. The third-order valence-electron chi connectivity index (χ3n) is 4.48. The Balaban J connectivity index is 2.40. The van der Waals surface area contributed by atoms with Crippen LogP contribution in [0, 0.1) is 28.6 Å². The molecule has 0 fully saturated rings. The van der Waals surface area contributed by atoms with Gasteiger partial charge in [0, 0.05) is 5.56 Å². The first-order chi connectivity index (χ1) is 10.7. The number of hydrogen-bond acceptors (Lipinski definition) is 3. The van der Waals surface area contributed by atoms with E-state index in [1.807, 2.05) is 30.3 Å². The largest absolute Gasteiger partial charge is 0.397 e. The number of anilines is 1. The Morgan fingerprint density at radius 2 is 1.73 bits per heavy atom. The third kappa shape index (κ3) is 2.12. The predicted octanol–water partition coefficient (Wildman–Crippen LogP) is 3.80. The van der Waals surface area contributed by atoms with Crippen LogP contribution in [0.3, 0.4) is 0 Å². The molecule has 0 radical (unpaired) electrons. The van der Waals surface area contributed by atoms with Crippen LogP contribution in [0.25, 0.3) is 11.1 Å². The van der Waals surface area contributed by atoms with Crippen molar-refractivity contribution >= 4 is 5.69 Å². The molecule has 0 saturated heterocycles. The average molecular weight is 287 g/mol. The monoisotopic (exact) mass is 287 g/mol. The molecule has 0 unspecified atom stereocenters. The quantitative estimate of drug-likeness (QED) is 0.811. The highest BCUT2D eigenvalue weighted by molar-refractivity contribution is 5.85. The summed E-state index contributed by atoms with van der Waals surface area (Å²) in [6.45, 7) is 2.20. The van der Waals surface area contributed by atoms with Crippen molar-refractivity contribution in [3.63, 3.8) is 0 Å². The van der Waals surface area contributed by atoms with Crippen molar-refractivity contribution in [2.75, 3.05) is 5.73 Å². The van der Waals surface area contributed by atoms with Gasteiger partial charge in [0.25, 0.3) is 0 Å². The molecule has 1 atom stereocenters. The van der Waals surface area contributed by atoms with Gasteiger partial charge >= 0.3 is 0 Å². The fourth-order valence-corrected chi connectivity index (χ4v) is 3.38. The molecule has 0 spiro atoms. The van der Waals surface area contributed by atoms with Crippen molar-refractivity contribution in [3.05, 3.63) is 52.6 Å². The summed E-state index contributed by atoms with van der Waals surface area (Å²) in [7, 11) is 0. The summed E-state index contributed by atoms with van der Waals surface area (Å²) in [4.78, 5) is 0. The van der Waals surface area contributed by atoms with E-state index in [-0.39, 0.29) is 0 Å². The van der Waals surface area contributed by atoms with Gasteiger partial charge in [0.1, 0.15) is 12.1 Å². The number of fused-ring (bicyclic) bond motifs is 1. The molecular weight excluding hydrogens is 270 g/mol. The molecule has 108 valence electrons. The summed E-state index contributed by atoms with van der Waals surface area (Å²) >= 11 is 0. The van der Waals surface area contributed by atoms with Gasteiger partial charge in [0.05, 0.1) is 16.8 Å². The summed E-state index contributed by atoms with van der Waals surface area (Å²) < 4.78 is 0. The fraction of sp³-hybridized carbons (Fsp3) is 0.263. The zero-order valence-electron chi connectivity index (χ0n) is 12.6. The Bertz CT molecular complexity index is 808. The molecule has 1 aliphatic carbocycles. The van der Waals surface area contributed by atoms with Gasteiger partial charge < -0.3 is 5.73 Å². The summed E-state index contributed by atoms with van der Waals surface area (Å²) in [6.07, 6.45) is 2.82. The Morgan fingerprint density at radius 1 is 1.05 bits per heavy atom. The van der Waals surface area contributed by atoms with E-state index in [1.54, 1.807) is 0 Å². The molecule has 2 aromatic carbocycles. The molecule has 0 saturated carbocycles. The SMILES string of the molecule is C[C@H]1CCc2c(c(C#N)c(N)c(C#N)c2-c2ccccc2)C1. The molecule has 0 bridgehead atoms. The van der Waals surface area contributed by atoms with Crippen LogP contribution >= 0.6 is 0 Å². The Labute approximate surface area is 130 Å². The van der Waals surface area contributed by atoms with Gasteiger partial charge in [-0.15, -0.1) is 0 Å². The smallest absolute Gasteiger partial charge is 0.102 e. The maximum absolute atomic E-state index is 9.59. The summed E-state index contributed by atoms with van der Waals surface area (Å²) in [5.41, 5.74) is 11.5. The second-order valence-electron chi connectivity index (χ2n) is 5.93. The molecule has 3 rings (SSSR count). The van der Waals surface area contributed by atoms with Crippen molar-refractivity contribution in [2.45, 2.75) is 26.2 Å². The molecule has 1 aliphatic rings. The van der Waals surface area contributed by atoms with E-state index in [0.29, 0.717) is 22.7 Å². The maximum atomic E-state index is 9.59. The molecule has 3 heteroatoms. The van der Waals surface area contributed by atoms with Crippen LogP contribution in [0.15, 0.2) is 30.3 Å². The average Bonchev–Trinajstić information content (AvgIpc) is 2.54. The molecule has 0 aliphatic heterocycles. The number of hydrogen-bond donors (Lipinski definition) is 1. The molecule has 0 aromatic heterocycles. The summed E-state index contributed by atoms with van der Waals surface area (Å²) in [6, 6.07) is 14.3. The molecule has 22 heavy (non-hydrogen) atoms. The van der Waals surface area contributed by atoms with E-state index in [9.17, 15) is 10.5 Å². The lowest BCUT2D eigenvalue weighted by atomic mass is 9.77. The van der Waals surface area contributed by atoms with E-state index in [1.165, 1.54) is 0 Å². The van der Waals surface area contributed by atoms with Crippen LogP contribution in [0.1, 0.15) is 35.6 Å². The molecule has 3 nitrogen and oxygen atoms in total. The number of rotatable bonds is 1. The molecule has 2 aromatic rings. The van der Waals surface area contributed by atoms with Crippen LogP contribution in [-0.4, -0.2) is 0 Å². The summed E-state index contributed by atoms with van der Waals surface area (Å²) in [5.74, 6) is 0.538. The minimum atomic E-state index is 0.330. The fourth-order valence-electron chi connectivity index (χ4n) is 3.38. The van der Waals surface area contributed by atoms with Crippen LogP contribution in [0.4, 0.5) is 5.69 Å². The zero-order valence-corrected chi connectivity index (χ0v) is 12.6. The van der Waals surface area contributed by atoms with Gasteiger partial charge in [-0.3, -0.25) is 0 Å². The molecule has 0 heterocycles. The highest BCUT2D eigenvalue weighted by Crippen LogP contribution is 2.41. The van der Waals surface area contributed by atoms with Crippen molar-refractivity contribution in [2.24, 2.45) is 5.92 Å². The number of nitriles is 2. The lowest BCUT2D eigenvalue weighted by Crippen LogP contribution is -2.17. The van der Waals surface area contributed by atoms with E-state index in [0.717, 1.165) is 41.5 Å². The van der Waals surface area contributed by atoms with Gasteiger partial charge in [-0.2, -0.15) is 10.5 Å². The first-order valence-corrected chi connectivity index (χ1v) is 7.50. The number of benzene rings is 2. The maximum Gasteiger partial charge on any atom is 0.102 e. The minimum absolute atomic E-state index is 0.330. The van der Waals surface area contributed by atoms with E-state index in [2.05, 4.69) is 19.1 Å². The Kier molecular flexibility index (Phi) is 3.57. The number of nitrogen functional groups attached to an aromatic ring is 1. The van der Waals surface area contributed by atoms with E-state index in [4.69, 9.17) is 5.73 Å². The van der Waals surface area contributed by atoms with Crippen molar-refractivity contribution in [3.8, 4) is 23.3 Å². The standard InChI is InChI=1S/C19H17N3/c1-12-7-8-14-15(9-12)16(10-20)19(22)17(11-21)18(14)13-5-3-2-4-6-13/h2-6,12H,7-9,22H2,1H3/t12-/m0/s1. The van der Waals surface area contributed by atoms with Gasteiger partial charge in [-0.1, -0.05) is 37.3 Å². The molecule has 0 amide bonds. The van der Waals surface area contributed by atoms with Crippen LogP contribution in [0.2, 0.25) is 0 Å². The number of nitrogens with zero attached hydrogens (tertiary/aromatic N) is 2. The van der Waals surface area contributed by atoms with Crippen LogP contribution < -0.4 is 5.73 Å². The van der Waals surface area contributed by atoms with Gasteiger partial charge in [-0.05, 0) is 41.9 Å². The first-order valence-electron chi connectivity index (χ1n) is 7.50. The minimum Gasteiger partial charge on any atom is -0.397 e. The highest BCUT2D eigenvalue weighted by atomic mass is 14.6. The Hall–Kier alpha value is -2.78. The highest BCUT2D eigenvalue weighted by Gasteiger charge is 2.27. The first kappa shape index (κ1) is 14.2. The van der Waals surface area contributed by atoms with E-state index < -0.39 is 0 Å². The lowest BCUT2D eigenvalue weighted by molar-refractivity contribution is 0.501. The lowest BCUT2D eigenvalue weighted by Gasteiger charge is -2.27. The summed E-state index contributed by atoms with van der Waals surface area (Å²) in [5, 5.41) is 19.1. The second-order valence-corrected chi connectivity index (χ2v) is 5.93. The molecular formula is C19H17N3. The van der Waals surface area contributed by atoms with Crippen LogP contribution in [-0.2, 0) is 12.8 Å². The molecule has 2 N–H and O–H groups in total. The van der Waals surface area contributed by atoms with Gasteiger partial charge in [0.2, 0.25) is 0 Å². The van der Waals surface area contributed by atoms with Crippen LogP contribution in [0.5, 0.6) is 0 Å². The van der Waals surface area contributed by atoms with Crippen molar-refractivity contribution < 1.29 is 0 Å². The van der Waals surface area contributed by atoms with Gasteiger partial charge in [0.15, 0.2) is 0 Å². The van der Waals surface area contributed by atoms with E-state index >= 15 is 0 Å². The zero-order chi connectivity index (χ0) is 15.7. The second kappa shape index (κ2) is 5.54. The van der Waals surface area contributed by atoms with Gasteiger partial charge in [-0.25, -0.2) is 0 Å².